The normalized spacial score (nSPS) is 12.4. The third-order valence-corrected chi connectivity index (χ3v) is 3.21. The topological polar surface area (TPSA) is 74.6 Å². The monoisotopic (exact) mass is 352 g/mol. The number of alkyl halides is 6. The predicted molar refractivity (Wildman–Crippen MR) is 67.9 cm³/mol. The first-order valence-corrected chi connectivity index (χ1v) is 6.05. The van der Waals surface area contributed by atoms with E-state index in [0.717, 1.165) is 0 Å². The summed E-state index contributed by atoms with van der Waals surface area (Å²) in [5, 5.41) is 16.2. The maximum atomic E-state index is 13.0. The van der Waals surface area contributed by atoms with Crippen LogP contribution in [0.2, 0.25) is 0 Å². The first-order chi connectivity index (χ1) is 10.8. The molecule has 0 bridgehead atoms. The minimum Gasteiger partial charge on any atom is -0.478 e. The first kappa shape index (κ1) is 17.6. The van der Waals surface area contributed by atoms with Crippen LogP contribution in [0.3, 0.4) is 0 Å². The summed E-state index contributed by atoms with van der Waals surface area (Å²) in [7, 11) is 0. The Morgan fingerprint density at radius 3 is 1.79 bits per heavy atom. The highest BCUT2D eigenvalue weighted by atomic mass is 19.4. The molecule has 2 rings (SSSR count). The second-order valence-corrected chi connectivity index (χ2v) is 4.71. The van der Waals surface area contributed by atoms with E-state index in [-0.39, 0.29) is 12.1 Å². The van der Waals surface area contributed by atoms with Gasteiger partial charge in [-0.05, 0) is 29.0 Å². The van der Waals surface area contributed by atoms with Crippen molar-refractivity contribution in [3.63, 3.8) is 0 Å². The van der Waals surface area contributed by atoms with E-state index in [9.17, 15) is 35.9 Å². The van der Waals surface area contributed by atoms with Crippen molar-refractivity contribution in [3.05, 3.63) is 46.5 Å². The van der Waals surface area contributed by atoms with Crippen molar-refractivity contribution in [2.24, 2.45) is 0 Å². The lowest BCUT2D eigenvalue weighted by molar-refractivity contribution is -0.142. The standard InChI is InChI=1S/C14H6F6O4/c15-13(16,17)5-3-8-6(9(4-5)14(18,19)20)1-2-7(11(21)22)10(8)12(23)24/h1-4H,(H,21,22)(H,23,24). The second-order valence-electron chi connectivity index (χ2n) is 4.71. The van der Waals surface area contributed by atoms with E-state index in [1.807, 2.05) is 0 Å². The van der Waals surface area contributed by atoms with E-state index in [2.05, 4.69) is 0 Å². The zero-order valence-electron chi connectivity index (χ0n) is 11.3. The molecule has 0 amide bonds. The zero-order valence-corrected chi connectivity index (χ0v) is 11.3. The first-order valence-electron chi connectivity index (χ1n) is 6.05. The molecule has 0 saturated heterocycles. The molecule has 4 nitrogen and oxygen atoms in total. The third kappa shape index (κ3) is 2.99. The van der Waals surface area contributed by atoms with Crippen molar-refractivity contribution >= 4 is 22.7 Å². The summed E-state index contributed by atoms with van der Waals surface area (Å²) >= 11 is 0. The van der Waals surface area contributed by atoms with Crippen LogP contribution in [0.15, 0.2) is 24.3 Å². The van der Waals surface area contributed by atoms with E-state index in [1.54, 1.807) is 0 Å². The van der Waals surface area contributed by atoms with Crippen molar-refractivity contribution in [1.29, 1.82) is 0 Å². The lowest BCUT2D eigenvalue weighted by Crippen LogP contribution is -2.14. The Morgan fingerprint density at radius 2 is 1.38 bits per heavy atom. The van der Waals surface area contributed by atoms with Gasteiger partial charge in [-0.2, -0.15) is 26.3 Å². The molecule has 10 heteroatoms. The van der Waals surface area contributed by atoms with Crippen LogP contribution in [-0.2, 0) is 12.4 Å². The van der Waals surface area contributed by atoms with Gasteiger partial charge in [0.05, 0.1) is 22.3 Å². The maximum Gasteiger partial charge on any atom is 0.417 e. The van der Waals surface area contributed by atoms with Crippen molar-refractivity contribution in [3.8, 4) is 0 Å². The lowest BCUT2D eigenvalue weighted by atomic mass is 9.93. The molecule has 0 fully saturated rings. The van der Waals surface area contributed by atoms with Gasteiger partial charge < -0.3 is 10.2 Å². The summed E-state index contributed by atoms with van der Waals surface area (Å²) in [5.41, 5.74) is -5.49. The van der Waals surface area contributed by atoms with Crippen molar-refractivity contribution in [1.82, 2.24) is 0 Å². The number of carboxylic acids is 2. The number of hydrogen-bond acceptors (Lipinski definition) is 2. The average molecular weight is 352 g/mol. The average Bonchev–Trinajstić information content (AvgIpc) is 2.42. The Morgan fingerprint density at radius 1 is 0.792 bits per heavy atom. The van der Waals surface area contributed by atoms with Crippen LogP contribution in [0.25, 0.3) is 10.8 Å². The van der Waals surface area contributed by atoms with E-state index in [4.69, 9.17) is 10.2 Å². The third-order valence-electron chi connectivity index (χ3n) is 3.21. The maximum absolute atomic E-state index is 13.0. The van der Waals surface area contributed by atoms with E-state index < -0.39 is 57.3 Å². The van der Waals surface area contributed by atoms with E-state index >= 15 is 0 Å². The Bertz CT molecular complexity index is 851. The molecule has 2 aromatic carbocycles. The molecule has 0 spiro atoms. The summed E-state index contributed by atoms with van der Waals surface area (Å²) < 4.78 is 77.7. The Balaban J connectivity index is 3.07. The largest absolute Gasteiger partial charge is 0.478 e. The van der Waals surface area contributed by atoms with Crippen LogP contribution in [-0.4, -0.2) is 22.2 Å². The van der Waals surface area contributed by atoms with Gasteiger partial charge in [0, 0.05) is 0 Å². The molecule has 0 radical (unpaired) electrons. The molecule has 2 N–H and O–H groups in total. The number of aromatic carboxylic acids is 2. The van der Waals surface area contributed by atoms with Crippen LogP contribution in [0.4, 0.5) is 26.3 Å². The van der Waals surface area contributed by atoms with Crippen LogP contribution >= 0.6 is 0 Å². The smallest absolute Gasteiger partial charge is 0.417 e. The number of halogens is 6. The fourth-order valence-electron chi connectivity index (χ4n) is 2.24. The molecule has 0 atom stereocenters. The van der Waals surface area contributed by atoms with Gasteiger partial charge >= 0.3 is 24.3 Å². The fraction of sp³-hybridized carbons (Fsp3) is 0.143. The van der Waals surface area contributed by atoms with Gasteiger partial charge in [-0.1, -0.05) is 6.07 Å². The number of carbonyl (C=O) groups is 2. The molecule has 0 aliphatic rings. The number of rotatable bonds is 2. The molecule has 0 aliphatic heterocycles. The minimum absolute atomic E-state index is 0.144. The van der Waals surface area contributed by atoms with Gasteiger partial charge in [0.1, 0.15) is 0 Å². The van der Waals surface area contributed by atoms with Gasteiger partial charge in [0.2, 0.25) is 0 Å². The second kappa shape index (κ2) is 5.39. The van der Waals surface area contributed by atoms with Crippen molar-refractivity contribution in [2.75, 3.05) is 0 Å². The van der Waals surface area contributed by atoms with E-state index in [1.165, 1.54) is 0 Å². The summed E-state index contributed by atoms with van der Waals surface area (Å²) in [5.74, 6) is -3.74. The highest BCUT2D eigenvalue weighted by molar-refractivity contribution is 6.12. The van der Waals surface area contributed by atoms with Crippen LogP contribution in [0, 0.1) is 0 Å². The summed E-state index contributed by atoms with van der Waals surface area (Å²) in [6.07, 6.45) is -10.4. The fourth-order valence-corrected chi connectivity index (χ4v) is 2.24. The molecule has 0 aromatic heterocycles. The zero-order chi connectivity index (χ0) is 18.4. The molecule has 0 unspecified atom stereocenters. The van der Waals surface area contributed by atoms with Gasteiger partial charge in [-0.25, -0.2) is 9.59 Å². The predicted octanol–water partition coefficient (Wildman–Crippen LogP) is 4.27. The molecule has 0 saturated carbocycles. The van der Waals surface area contributed by atoms with Gasteiger partial charge in [-0.3, -0.25) is 0 Å². The highest BCUT2D eigenvalue weighted by Crippen LogP contribution is 2.41. The van der Waals surface area contributed by atoms with Crippen LogP contribution in [0.1, 0.15) is 31.8 Å². The molecular weight excluding hydrogens is 346 g/mol. The molecule has 24 heavy (non-hydrogen) atoms. The Labute approximate surface area is 128 Å². The van der Waals surface area contributed by atoms with E-state index in [0.29, 0.717) is 12.1 Å². The number of benzene rings is 2. The summed E-state index contributed by atoms with van der Waals surface area (Å²) in [6.45, 7) is 0. The Hall–Kier alpha value is -2.78. The molecule has 0 heterocycles. The van der Waals surface area contributed by atoms with Gasteiger partial charge in [0.15, 0.2) is 0 Å². The van der Waals surface area contributed by atoms with Gasteiger partial charge in [-0.15, -0.1) is 0 Å². The molecule has 0 aliphatic carbocycles. The molecular formula is C14H6F6O4. The van der Waals surface area contributed by atoms with Gasteiger partial charge in [0.25, 0.3) is 0 Å². The number of hydrogen-bond donors (Lipinski definition) is 2. The highest BCUT2D eigenvalue weighted by Gasteiger charge is 2.39. The summed E-state index contributed by atoms with van der Waals surface area (Å²) in [4.78, 5) is 22.3. The van der Waals surface area contributed by atoms with Crippen LogP contribution < -0.4 is 0 Å². The Kier molecular flexibility index (Phi) is 3.95. The quantitative estimate of drug-likeness (QED) is 0.792. The number of carboxylic acid groups (broad SMARTS) is 2. The van der Waals surface area contributed by atoms with Crippen LogP contribution in [0.5, 0.6) is 0 Å². The summed E-state index contributed by atoms with van der Waals surface area (Å²) in [6, 6.07) is 1.29. The molecule has 128 valence electrons. The minimum atomic E-state index is -5.19. The molecule has 2 aromatic rings. The lowest BCUT2D eigenvalue weighted by Gasteiger charge is -2.16. The van der Waals surface area contributed by atoms with Crippen molar-refractivity contribution in [2.45, 2.75) is 12.4 Å². The number of fused-ring (bicyclic) bond motifs is 1. The van der Waals surface area contributed by atoms with Crippen molar-refractivity contribution < 1.29 is 46.1 Å². The SMILES string of the molecule is O=C(O)c1ccc2c(C(F)(F)F)cc(C(F)(F)F)cc2c1C(=O)O.